The van der Waals surface area contributed by atoms with E-state index in [0.717, 1.165) is 40.2 Å². The minimum absolute atomic E-state index is 0.0320. The Morgan fingerprint density at radius 3 is 3.12 bits per heavy atom. The number of amides is 1. The van der Waals surface area contributed by atoms with Crippen LogP contribution in [0.1, 0.15) is 42.4 Å². The first-order valence-corrected chi connectivity index (χ1v) is 9.86. The Hall–Kier alpha value is -1.51. The highest BCUT2D eigenvalue weighted by Crippen LogP contribution is 2.32. The molecule has 1 fully saturated rings. The first kappa shape index (κ1) is 18.3. The fraction of sp³-hybridized carbons (Fsp3) is 0.471. The summed E-state index contributed by atoms with van der Waals surface area (Å²) in [5, 5.41) is 12.3. The molecule has 2 heterocycles. The fourth-order valence-corrected chi connectivity index (χ4v) is 3.96. The molecular formula is C17H20BrN3O3S. The van der Waals surface area contributed by atoms with E-state index in [1.807, 2.05) is 25.1 Å². The first-order valence-electron chi connectivity index (χ1n) is 8.25. The largest absolute Gasteiger partial charge is 0.492 e. The van der Waals surface area contributed by atoms with Crippen LogP contribution >= 0.6 is 27.3 Å². The number of ether oxygens (including phenoxy) is 2. The first-order chi connectivity index (χ1) is 12.1. The molecule has 1 amide bonds. The summed E-state index contributed by atoms with van der Waals surface area (Å²) in [6.45, 7) is 3.27. The van der Waals surface area contributed by atoms with Gasteiger partial charge in [0.1, 0.15) is 16.9 Å². The molecule has 1 aliphatic rings. The number of rotatable bonds is 7. The Bertz CT molecular complexity index is 732. The van der Waals surface area contributed by atoms with Gasteiger partial charge in [0, 0.05) is 13.0 Å². The highest BCUT2D eigenvalue weighted by atomic mass is 79.9. The van der Waals surface area contributed by atoms with Crippen LogP contribution < -0.4 is 10.1 Å². The Kier molecular flexibility index (Phi) is 6.39. The molecule has 8 heteroatoms. The molecule has 134 valence electrons. The molecule has 3 rings (SSSR count). The predicted octanol–water partition coefficient (Wildman–Crippen LogP) is 4.26. The zero-order valence-electron chi connectivity index (χ0n) is 14.0. The van der Waals surface area contributed by atoms with Crippen LogP contribution in [-0.4, -0.2) is 29.3 Å². The van der Waals surface area contributed by atoms with E-state index in [1.54, 1.807) is 0 Å². The second-order valence-electron chi connectivity index (χ2n) is 5.88. The van der Waals surface area contributed by atoms with Gasteiger partial charge in [-0.05, 0) is 59.8 Å². The molecule has 0 aliphatic carbocycles. The number of benzene rings is 1. The van der Waals surface area contributed by atoms with Crippen molar-refractivity contribution in [3.63, 3.8) is 0 Å². The Morgan fingerprint density at radius 2 is 2.36 bits per heavy atom. The lowest BCUT2D eigenvalue weighted by atomic mass is 10.2. The smallest absolute Gasteiger partial charge is 0.226 e. The van der Waals surface area contributed by atoms with E-state index < -0.39 is 0 Å². The van der Waals surface area contributed by atoms with Gasteiger partial charge < -0.3 is 14.8 Å². The van der Waals surface area contributed by atoms with Crippen LogP contribution in [0, 0.1) is 6.92 Å². The lowest BCUT2D eigenvalue weighted by Crippen LogP contribution is -2.12. The van der Waals surface area contributed by atoms with Crippen molar-refractivity contribution >= 4 is 38.3 Å². The normalized spacial score (nSPS) is 16.8. The Morgan fingerprint density at radius 1 is 1.48 bits per heavy atom. The number of aryl methyl sites for hydroxylation is 1. The van der Waals surface area contributed by atoms with E-state index in [1.165, 1.54) is 11.3 Å². The number of hydrogen-bond donors (Lipinski definition) is 1. The summed E-state index contributed by atoms with van der Waals surface area (Å²) in [6, 6.07) is 5.92. The summed E-state index contributed by atoms with van der Waals surface area (Å²) in [6.07, 6.45) is 3.05. The average Bonchev–Trinajstić information content (AvgIpc) is 3.24. The van der Waals surface area contributed by atoms with Crippen LogP contribution in [0.2, 0.25) is 0 Å². The Balaban J connectivity index is 1.39. The van der Waals surface area contributed by atoms with Crippen LogP contribution in [0.25, 0.3) is 0 Å². The van der Waals surface area contributed by atoms with E-state index in [-0.39, 0.29) is 12.0 Å². The fourth-order valence-electron chi connectivity index (χ4n) is 2.51. The van der Waals surface area contributed by atoms with Crippen LogP contribution in [0.3, 0.4) is 0 Å². The molecule has 0 spiro atoms. The molecule has 1 N–H and O–H groups in total. The van der Waals surface area contributed by atoms with E-state index in [2.05, 4.69) is 31.4 Å². The summed E-state index contributed by atoms with van der Waals surface area (Å²) in [7, 11) is 0. The molecule has 1 atom stereocenters. The SMILES string of the molecule is Cc1ccc(OCCCC(=O)Nc2nnc(C3CCCO3)s2)c(Br)c1. The van der Waals surface area contributed by atoms with Crippen molar-refractivity contribution in [3.8, 4) is 5.75 Å². The minimum Gasteiger partial charge on any atom is -0.492 e. The number of carbonyl (C=O) groups is 1. The van der Waals surface area contributed by atoms with Crippen LogP contribution in [0.15, 0.2) is 22.7 Å². The maximum atomic E-state index is 12.0. The molecule has 1 unspecified atom stereocenters. The number of nitrogens with one attached hydrogen (secondary N) is 1. The zero-order valence-corrected chi connectivity index (χ0v) is 16.4. The average molecular weight is 426 g/mol. The number of aromatic nitrogens is 2. The second kappa shape index (κ2) is 8.73. The molecule has 0 saturated carbocycles. The van der Waals surface area contributed by atoms with E-state index in [4.69, 9.17) is 9.47 Å². The molecule has 1 aromatic heterocycles. The van der Waals surface area contributed by atoms with Crippen LogP contribution in [0.5, 0.6) is 5.75 Å². The molecule has 25 heavy (non-hydrogen) atoms. The second-order valence-corrected chi connectivity index (χ2v) is 7.74. The Labute approximate surface area is 159 Å². The molecule has 0 bridgehead atoms. The number of carbonyl (C=O) groups excluding carboxylic acids is 1. The third-order valence-electron chi connectivity index (χ3n) is 3.79. The molecule has 1 saturated heterocycles. The number of halogens is 1. The van der Waals surface area contributed by atoms with Gasteiger partial charge in [0.05, 0.1) is 11.1 Å². The highest BCUT2D eigenvalue weighted by Gasteiger charge is 2.22. The summed E-state index contributed by atoms with van der Waals surface area (Å²) < 4.78 is 12.2. The van der Waals surface area contributed by atoms with Gasteiger partial charge >= 0.3 is 0 Å². The quantitative estimate of drug-likeness (QED) is 0.670. The van der Waals surface area contributed by atoms with Crippen LogP contribution in [-0.2, 0) is 9.53 Å². The highest BCUT2D eigenvalue weighted by molar-refractivity contribution is 9.10. The lowest BCUT2D eigenvalue weighted by molar-refractivity contribution is -0.116. The summed E-state index contributed by atoms with van der Waals surface area (Å²) in [5.74, 6) is 0.706. The predicted molar refractivity (Wildman–Crippen MR) is 100 cm³/mol. The van der Waals surface area contributed by atoms with Gasteiger partial charge in [-0.2, -0.15) is 0 Å². The van der Waals surface area contributed by atoms with Crippen molar-refractivity contribution in [1.82, 2.24) is 10.2 Å². The third-order valence-corrected chi connectivity index (χ3v) is 5.34. The molecular weight excluding hydrogens is 406 g/mol. The number of anilines is 1. The molecule has 2 aromatic rings. The minimum atomic E-state index is -0.0818. The summed E-state index contributed by atoms with van der Waals surface area (Å²) in [4.78, 5) is 12.0. The summed E-state index contributed by atoms with van der Waals surface area (Å²) in [5.41, 5.74) is 1.16. The van der Waals surface area contributed by atoms with Crippen molar-refractivity contribution < 1.29 is 14.3 Å². The lowest BCUT2D eigenvalue weighted by Gasteiger charge is -2.08. The molecule has 1 aliphatic heterocycles. The zero-order chi connectivity index (χ0) is 17.6. The van der Waals surface area contributed by atoms with Crippen molar-refractivity contribution in [2.75, 3.05) is 18.5 Å². The van der Waals surface area contributed by atoms with Crippen molar-refractivity contribution in [2.24, 2.45) is 0 Å². The van der Waals surface area contributed by atoms with Gasteiger partial charge in [-0.15, -0.1) is 10.2 Å². The standard InChI is InChI=1S/C17H20BrN3O3S/c1-11-6-7-13(12(18)10-11)23-9-3-5-15(22)19-17-21-20-16(25-17)14-4-2-8-24-14/h6-7,10,14H,2-5,8-9H2,1H3,(H,19,21,22). The van der Waals surface area contributed by atoms with Crippen molar-refractivity contribution in [1.29, 1.82) is 0 Å². The van der Waals surface area contributed by atoms with Crippen LogP contribution in [0.4, 0.5) is 5.13 Å². The number of nitrogens with zero attached hydrogens (tertiary/aromatic N) is 2. The van der Waals surface area contributed by atoms with E-state index >= 15 is 0 Å². The van der Waals surface area contributed by atoms with Crippen molar-refractivity contribution in [3.05, 3.63) is 33.2 Å². The van der Waals surface area contributed by atoms with Gasteiger partial charge in [0.2, 0.25) is 11.0 Å². The van der Waals surface area contributed by atoms with Gasteiger partial charge in [0.25, 0.3) is 0 Å². The summed E-state index contributed by atoms with van der Waals surface area (Å²) >= 11 is 4.86. The van der Waals surface area contributed by atoms with Gasteiger partial charge in [-0.1, -0.05) is 17.4 Å². The topological polar surface area (TPSA) is 73.3 Å². The maximum absolute atomic E-state index is 12.0. The van der Waals surface area contributed by atoms with Gasteiger partial charge in [-0.25, -0.2) is 0 Å². The molecule has 1 aromatic carbocycles. The molecule has 6 nitrogen and oxygen atoms in total. The molecule has 0 radical (unpaired) electrons. The van der Waals surface area contributed by atoms with Crippen molar-refractivity contribution in [2.45, 2.75) is 38.7 Å². The van der Waals surface area contributed by atoms with E-state index in [0.29, 0.717) is 24.6 Å². The van der Waals surface area contributed by atoms with Gasteiger partial charge in [-0.3, -0.25) is 4.79 Å². The van der Waals surface area contributed by atoms with Gasteiger partial charge in [0.15, 0.2) is 0 Å². The number of hydrogen-bond acceptors (Lipinski definition) is 6. The monoisotopic (exact) mass is 425 g/mol. The third kappa shape index (κ3) is 5.23. The van der Waals surface area contributed by atoms with E-state index in [9.17, 15) is 4.79 Å². The maximum Gasteiger partial charge on any atom is 0.226 e.